The molecule has 0 radical (unpaired) electrons. The SMILES string of the molecule is NC(N)=NCCCC(NC(=O)[C@@H]1CCCN1C(=O)[C@@H](N)C(c1ccccc1)c1ccccc1)C(=O)CCC(=O)N1CCCCC1. The van der Waals surface area contributed by atoms with Gasteiger partial charge in [-0.05, 0) is 56.1 Å². The van der Waals surface area contributed by atoms with Crippen LogP contribution < -0.4 is 22.5 Å². The molecular weight excluding hydrogens is 570 g/mol. The van der Waals surface area contributed by atoms with Crippen molar-refractivity contribution in [1.82, 2.24) is 15.1 Å². The number of rotatable bonds is 14. The summed E-state index contributed by atoms with van der Waals surface area (Å²) in [7, 11) is 0. The second kappa shape index (κ2) is 16.7. The third-order valence-electron chi connectivity index (χ3n) is 8.74. The van der Waals surface area contributed by atoms with E-state index in [0.717, 1.165) is 43.5 Å². The number of nitrogens with two attached hydrogens (primary N) is 3. The van der Waals surface area contributed by atoms with Gasteiger partial charge in [0.25, 0.3) is 0 Å². The molecule has 4 rings (SSSR count). The molecule has 3 atom stereocenters. The van der Waals surface area contributed by atoms with Crippen molar-refractivity contribution in [2.75, 3.05) is 26.2 Å². The molecule has 11 heteroatoms. The summed E-state index contributed by atoms with van der Waals surface area (Å²) in [5.74, 6) is -1.42. The summed E-state index contributed by atoms with van der Waals surface area (Å²) in [6.07, 6.45) is 5.06. The van der Waals surface area contributed by atoms with Gasteiger partial charge in [-0.2, -0.15) is 0 Å². The van der Waals surface area contributed by atoms with E-state index >= 15 is 0 Å². The number of aliphatic imine (C=N–C) groups is 1. The zero-order valence-electron chi connectivity index (χ0n) is 26.0. The van der Waals surface area contributed by atoms with Gasteiger partial charge in [-0.15, -0.1) is 0 Å². The highest BCUT2D eigenvalue weighted by Crippen LogP contribution is 2.30. The first-order valence-corrected chi connectivity index (χ1v) is 16.1. The average Bonchev–Trinajstić information content (AvgIpc) is 3.56. The summed E-state index contributed by atoms with van der Waals surface area (Å²) in [6, 6.07) is 16.8. The summed E-state index contributed by atoms with van der Waals surface area (Å²) in [6.45, 7) is 2.13. The Bertz CT molecular complexity index is 1270. The van der Waals surface area contributed by atoms with Crippen LogP contribution >= 0.6 is 0 Å². The molecule has 1 unspecified atom stereocenters. The minimum absolute atomic E-state index is 0.0244. The summed E-state index contributed by atoms with van der Waals surface area (Å²) in [5, 5.41) is 2.91. The minimum Gasteiger partial charge on any atom is -0.370 e. The zero-order valence-corrected chi connectivity index (χ0v) is 26.0. The van der Waals surface area contributed by atoms with Crippen LogP contribution in [-0.2, 0) is 19.2 Å². The molecule has 242 valence electrons. The van der Waals surface area contributed by atoms with E-state index in [1.165, 1.54) is 0 Å². The zero-order chi connectivity index (χ0) is 32.2. The third-order valence-corrected chi connectivity index (χ3v) is 8.74. The molecule has 2 aliphatic rings. The minimum atomic E-state index is -0.916. The van der Waals surface area contributed by atoms with Crippen molar-refractivity contribution in [2.45, 2.75) is 81.8 Å². The van der Waals surface area contributed by atoms with Crippen LogP contribution in [-0.4, -0.2) is 83.6 Å². The van der Waals surface area contributed by atoms with Gasteiger partial charge in [0.15, 0.2) is 11.7 Å². The monoisotopic (exact) mass is 617 g/mol. The fraction of sp³-hybridized carbons (Fsp3) is 0.500. The molecule has 2 fully saturated rings. The predicted octanol–water partition coefficient (Wildman–Crippen LogP) is 2.04. The van der Waals surface area contributed by atoms with Crippen molar-refractivity contribution < 1.29 is 19.2 Å². The van der Waals surface area contributed by atoms with E-state index in [9.17, 15) is 19.2 Å². The Morgan fingerprint density at radius 3 is 2.07 bits per heavy atom. The lowest BCUT2D eigenvalue weighted by atomic mass is 9.84. The Morgan fingerprint density at radius 1 is 0.844 bits per heavy atom. The summed E-state index contributed by atoms with van der Waals surface area (Å²) < 4.78 is 0. The van der Waals surface area contributed by atoms with Crippen molar-refractivity contribution in [1.29, 1.82) is 0 Å². The van der Waals surface area contributed by atoms with Crippen molar-refractivity contribution in [3.8, 4) is 0 Å². The molecule has 11 nitrogen and oxygen atoms in total. The molecule has 0 aliphatic carbocycles. The van der Waals surface area contributed by atoms with E-state index in [4.69, 9.17) is 17.2 Å². The number of Topliss-reactive ketones (excluding diaryl/α,β-unsaturated/α-hetero) is 1. The number of guanidine groups is 1. The van der Waals surface area contributed by atoms with Crippen LogP contribution in [0.4, 0.5) is 0 Å². The molecule has 45 heavy (non-hydrogen) atoms. The van der Waals surface area contributed by atoms with Gasteiger partial charge in [0.1, 0.15) is 6.04 Å². The van der Waals surface area contributed by atoms with Gasteiger partial charge < -0.3 is 32.3 Å². The van der Waals surface area contributed by atoms with E-state index in [1.807, 2.05) is 65.6 Å². The van der Waals surface area contributed by atoms with Gasteiger partial charge in [-0.3, -0.25) is 24.2 Å². The number of amides is 3. The van der Waals surface area contributed by atoms with Gasteiger partial charge in [0.2, 0.25) is 17.7 Å². The van der Waals surface area contributed by atoms with Crippen LogP contribution in [0.15, 0.2) is 65.7 Å². The van der Waals surface area contributed by atoms with Gasteiger partial charge in [0, 0.05) is 44.9 Å². The van der Waals surface area contributed by atoms with E-state index in [0.29, 0.717) is 38.8 Å². The van der Waals surface area contributed by atoms with Crippen LogP contribution in [0.3, 0.4) is 0 Å². The van der Waals surface area contributed by atoms with Gasteiger partial charge in [-0.1, -0.05) is 60.7 Å². The lowest BCUT2D eigenvalue weighted by molar-refractivity contribution is -0.140. The maximum atomic E-state index is 13.9. The highest BCUT2D eigenvalue weighted by molar-refractivity contribution is 5.95. The summed E-state index contributed by atoms with van der Waals surface area (Å²) >= 11 is 0. The summed E-state index contributed by atoms with van der Waals surface area (Å²) in [4.78, 5) is 61.1. The van der Waals surface area contributed by atoms with Gasteiger partial charge in [0.05, 0.1) is 12.1 Å². The van der Waals surface area contributed by atoms with Crippen molar-refractivity contribution in [3.63, 3.8) is 0 Å². The molecule has 7 N–H and O–H groups in total. The highest BCUT2D eigenvalue weighted by atomic mass is 16.2. The van der Waals surface area contributed by atoms with E-state index in [-0.39, 0.29) is 36.4 Å². The Balaban J connectivity index is 1.45. The highest BCUT2D eigenvalue weighted by Gasteiger charge is 2.40. The number of ketones is 1. The molecule has 0 spiro atoms. The molecule has 0 saturated carbocycles. The number of hydrogen-bond acceptors (Lipinski definition) is 6. The molecule has 2 saturated heterocycles. The molecule has 0 aromatic heterocycles. The largest absolute Gasteiger partial charge is 0.370 e. The fourth-order valence-electron chi connectivity index (χ4n) is 6.36. The van der Waals surface area contributed by atoms with E-state index < -0.39 is 30.0 Å². The van der Waals surface area contributed by atoms with Gasteiger partial charge >= 0.3 is 0 Å². The Kier molecular flexibility index (Phi) is 12.5. The number of carbonyl (C=O) groups is 4. The Morgan fingerprint density at radius 2 is 1.47 bits per heavy atom. The van der Waals surface area contributed by atoms with E-state index in [1.54, 1.807) is 4.90 Å². The van der Waals surface area contributed by atoms with E-state index in [2.05, 4.69) is 10.3 Å². The maximum absolute atomic E-state index is 13.9. The molecule has 2 heterocycles. The molecule has 2 aromatic carbocycles. The molecule has 2 aromatic rings. The lowest BCUT2D eigenvalue weighted by Crippen LogP contribution is -2.55. The molecular formula is C34H47N7O4. The number of benzene rings is 2. The quantitative estimate of drug-likeness (QED) is 0.142. The summed E-state index contributed by atoms with van der Waals surface area (Å²) in [5.41, 5.74) is 19.4. The lowest BCUT2D eigenvalue weighted by Gasteiger charge is -2.31. The van der Waals surface area contributed by atoms with Crippen molar-refractivity contribution in [2.24, 2.45) is 22.2 Å². The maximum Gasteiger partial charge on any atom is 0.243 e. The first-order valence-electron chi connectivity index (χ1n) is 16.1. The number of nitrogens with zero attached hydrogens (tertiary/aromatic N) is 3. The Labute approximate surface area is 265 Å². The van der Waals surface area contributed by atoms with Crippen molar-refractivity contribution in [3.05, 3.63) is 71.8 Å². The smallest absolute Gasteiger partial charge is 0.243 e. The number of hydrogen-bond donors (Lipinski definition) is 4. The molecule has 3 amide bonds. The second-order valence-corrected chi connectivity index (χ2v) is 11.9. The van der Waals surface area contributed by atoms with Crippen LogP contribution in [0.2, 0.25) is 0 Å². The first kappa shape index (κ1) is 33.6. The van der Waals surface area contributed by atoms with Crippen LogP contribution in [0.1, 0.15) is 74.8 Å². The first-order chi connectivity index (χ1) is 21.8. The topological polar surface area (TPSA) is 177 Å². The number of nitrogens with one attached hydrogen (secondary N) is 1. The average molecular weight is 618 g/mol. The van der Waals surface area contributed by atoms with Crippen LogP contribution in [0, 0.1) is 0 Å². The second-order valence-electron chi connectivity index (χ2n) is 11.9. The van der Waals surface area contributed by atoms with Gasteiger partial charge in [-0.25, -0.2) is 0 Å². The fourth-order valence-corrected chi connectivity index (χ4v) is 6.36. The number of piperidine rings is 1. The number of likely N-dealkylation sites (tertiary alicyclic amines) is 2. The Hall–Kier alpha value is -4.25. The number of carbonyl (C=O) groups excluding carboxylic acids is 4. The third kappa shape index (κ3) is 9.37. The van der Waals surface area contributed by atoms with Crippen molar-refractivity contribution >= 4 is 29.5 Å². The molecule has 2 aliphatic heterocycles. The normalized spacial score (nSPS) is 17.9. The van der Waals surface area contributed by atoms with Crippen LogP contribution in [0.5, 0.6) is 0 Å². The molecule has 0 bridgehead atoms. The predicted molar refractivity (Wildman–Crippen MR) is 174 cm³/mol. The van der Waals surface area contributed by atoms with Crippen LogP contribution in [0.25, 0.3) is 0 Å². The standard InChI is InChI=1S/C34H47N7O4/c35-31(30(24-12-4-1-5-13-24)25-14-6-2-7-15-25)33(45)41-23-11-17-27(41)32(44)39-26(16-10-20-38-34(36)37)28(42)18-19-29(43)40-21-8-3-9-22-40/h1-2,4-7,12-15,26-27,30-31H,3,8-11,16-23,35H2,(H,39,44)(H4,36,37,38)/t26?,27-,31-/m0/s1.